The first-order valence-electron chi connectivity index (χ1n) is 0.577. The van der Waals surface area contributed by atoms with Crippen LogP contribution in [-0.2, 0) is 22.4 Å². The van der Waals surface area contributed by atoms with Gasteiger partial charge in [-0.05, 0) is 7.05 Å². The molecule has 0 aliphatic rings. The summed E-state index contributed by atoms with van der Waals surface area (Å²) in [7, 11) is 1.50. The number of halogens is 4. The molecule has 2 N–H and O–H groups in total. The van der Waals surface area contributed by atoms with Gasteiger partial charge in [-0.1, -0.05) is 0 Å². The van der Waals surface area contributed by atoms with E-state index in [2.05, 4.69) is 5.73 Å². The first kappa shape index (κ1) is 73.0. The molecule has 0 rings (SSSR count). The zero-order valence-corrected chi connectivity index (χ0v) is 11.8. The van der Waals surface area contributed by atoms with Gasteiger partial charge in [-0.3, -0.25) is 0 Å². The average molecular weight is 396 g/mol. The van der Waals surface area contributed by atoms with E-state index in [0.717, 1.165) is 0 Å². The minimum absolute atomic E-state index is 0. The molecule has 0 saturated heterocycles. The van der Waals surface area contributed by atoms with Crippen molar-refractivity contribution in [2.24, 2.45) is 5.73 Å². The summed E-state index contributed by atoms with van der Waals surface area (Å²) in [4.78, 5) is 0. The maximum atomic E-state index is 4.50. The summed E-state index contributed by atoms with van der Waals surface area (Å²) >= 11 is 0. The Morgan fingerprint density at radius 2 is 0.750 bits per heavy atom. The molecule has 0 bridgehead atoms. The molecule has 0 radical (unpaired) electrons. The third-order valence-electron chi connectivity index (χ3n) is 0. The molecule has 8 heavy (non-hydrogen) atoms. The molecule has 0 saturated carbocycles. The van der Waals surface area contributed by atoms with Crippen molar-refractivity contribution in [3.63, 3.8) is 0 Å². The Kier molecular flexibility index (Phi) is 908. The first-order valence-corrected chi connectivity index (χ1v) is 0.577. The predicted molar refractivity (Wildman–Crippen MR) is 15.9 cm³/mol. The molecule has 0 unspecified atom stereocenters. The third-order valence-corrected chi connectivity index (χ3v) is 0. The molecule has 0 fully saturated rings. The van der Waals surface area contributed by atoms with Crippen LogP contribution in [0.5, 0.6) is 0 Å². The van der Waals surface area contributed by atoms with Crippen LogP contribution in [-0.4, -0.2) is 32.9 Å². The molecular weight excluding hydrogens is 391 g/mol. The van der Waals surface area contributed by atoms with E-state index >= 15 is 0 Å². The van der Waals surface area contributed by atoms with Crippen LogP contribution in [0.25, 0.3) is 0 Å². The quantitative estimate of drug-likeness (QED) is 0.405. The fraction of sp³-hybridized carbons (Fsp3) is 1.00. The fourth-order valence-electron chi connectivity index (χ4n) is 0. The maximum Gasteiger partial charge on any atom is 3.00 e. The molecular formula is CH5AgCl4InN. The van der Waals surface area contributed by atoms with Crippen LogP contribution in [0.2, 0.25) is 0 Å². The second-order valence-electron chi connectivity index (χ2n) is 0. The van der Waals surface area contributed by atoms with Gasteiger partial charge in [0.15, 0.2) is 0 Å². The summed E-state index contributed by atoms with van der Waals surface area (Å²) in [5.74, 6) is 0. The first-order chi connectivity index (χ1) is 1.00. The molecule has 0 atom stereocenters. The van der Waals surface area contributed by atoms with Gasteiger partial charge in [0.2, 0.25) is 0 Å². The molecule has 7 heteroatoms. The van der Waals surface area contributed by atoms with Crippen LogP contribution in [0.1, 0.15) is 0 Å². The smallest absolute Gasteiger partial charge is 1.00 e. The van der Waals surface area contributed by atoms with Crippen molar-refractivity contribution in [2.75, 3.05) is 7.05 Å². The molecule has 0 amide bonds. The summed E-state index contributed by atoms with van der Waals surface area (Å²) in [5, 5.41) is 0. The fourth-order valence-corrected chi connectivity index (χ4v) is 0. The topological polar surface area (TPSA) is 26.0 Å². The van der Waals surface area contributed by atoms with Gasteiger partial charge in [0, 0.05) is 0 Å². The number of hydrogen-bond donors (Lipinski definition) is 1. The zero-order chi connectivity index (χ0) is 2.00. The SMILES string of the molecule is CN.[Ag+].[Cl-].[Cl-].[Cl-].[Cl-].[In+3]. The van der Waals surface area contributed by atoms with Crippen molar-refractivity contribution in [2.45, 2.75) is 0 Å². The van der Waals surface area contributed by atoms with E-state index < -0.39 is 0 Å². The molecule has 0 aliphatic heterocycles. The molecule has 0 aromatic carbocycles. The number of hydrogen-bond acceptors (Lipinski definition) is 1. The Morgan fingerprint density at radius 3 is 0.750 bits per heavy atom. The average Bonchev–Trinajstić information content (AvgIpc) is 1.00. The summed E-state index contributed by atoms with van der Waals surface area (Å²) in [5.41, 5.74) is 4.50. The largest absolute Gasteiger partial charge is 3.00 e. The van der Waals surface area contributed by atoms with Gasteiger partial charge in [-0.25, -0.2) is 0 Å². The maximum absolute atomic E-state index is 4.50. The monoisotopic (exact) mass is 393 g/mol. The predicted octanol–water partition coefficient (Wildman–Crippen LogP) is -12.8. The Balaban J connectivity index is -0.000000000333. The van der Waals surface area contributed by atoms with Gasteiger partial charge in [-0.2, -0.15) is 0 Å². The molecule has 0 aromatic heterocycles. The Morgan fingerprint density at radius 1 is 0.750 bits per heavy atom. The van der Waals surface area contributed by atoms with E-state index in [0.29, 0.717) is 0 Å². The molecule has 0 aliphatic carbocycles. The van der Waals surface area contributed by atoms with Gasteiger partial charge >= 0.3 is 48.2 Å². The number of rotatable bonds is 0. The van der Waals surface area contributed by atoms with E-state index in [-0.39, 0.29) is 97.9 Å². The summed E-state index contributed by atoms with van der Waals surface area (Å²) in [6.45, 7) is 0. The minimum atomic E-state index is 0. The Labute approximate surface area is 109 Å². The minimum Gasteiger partial charge on any atom is -1.00 e. The van der Waals surface area contributed by atoms with E-state index in [1.807, 2.05) is 0 Å². The van der Waals surface area contributed by atoms with E-state index in [9.17, 15) is 0 Å². The van der Waals surface area contributed by atoms with Crippen molar-refractivity contribution < 1.29 is 72.0 Å². The van der Waals surface area contributed by atoms with Crippen molar-refractivity contribution in [1.82, 2.24) is 0 Å². The Hall–Kier alpha value is 2.73. The zero-order valence-electron chi connectivity index (χ0n) is 3.97. The summed E-state index contributed by atoms with van der Waals surface area (Å²) in [6, 6.07) is 0. The van der Waals surface area contributed by atoms with E-state index in [1.54, 1.807) is 0 Å². The molecule has 0 spiro atoms. The van der Waals surface area contributed by atoms with Gasteiger partial charge < -0.3 is 55.4 Å². The van der Waals surface area contributed by atoms with Crippen molar-refractivity contribution in [1.29, 1.82) is 0 Å². The van der Waals surface area contributed by atoms with Crippen molar-refractivity contribution in [3.05, 3.63) is 0 Å². The molecule has 0 heterocycles. The van der Waals surface area contributed by atoms with Crippen molar-refractivity contribution in [3.8, 4) is 0 Å². The molecule has 0 aromatic rings. The van der Waals surface area contributed by atoms with Crippen LogP contribution in [0.15, 0.2) is 0 Å². The summed E-state index contributed by atoms with van der Waals surface area (Å²) in [6.07, 6.45) is 0. The van der Waals surface area contributed by atoms with Gasteiger partial charge in [-0.15, -0.1) is 0 Å². The van der Waals surface area contributed by atoms with Gasteiger partial charge in [0.05, 0.1) is 0 Å². The van der Waals surface area contributed by atoms with Crippen LogP contribution < -0.4 is 55.4 Å². The van der Waals surface area contributed by atoms with E-state index in [1.165, 1.54) is 7.05 Å². The van der Waals surface area contributed by atoms with E-state index in [4.69, 9.17) is 0 Å². The summed E-state index contributed by atoms with van der Waals surface area (Å²) < 4.78 is 0. The standard InChI is InChI=1S/CH5N.Ag.4ClH.In/c1-2;;;;;;/h2H2,1H3;;4*1H;/q;+1;;;;;+3/p-4. The number of nitrogens with two attached hydrogens (primary N) is 1. The van der Waals surface area contributed by atoms with Gasteiger partial charge in [0.1, 0.15) is 0 Å². The van der Waals surface area contributed by atoms with Crippen molar-refractivity contribution >= 4 is 25.8 Å². The van der Waals surface area contributed by atoms with Crippen LogP contribution >= 0.6 is 0 Å². The van der Waals surface area contributed by atoms with Gasteiger partial charge in [0.25, 0.3) is 0 Å². The van der Waals surface area contributed by atoms with Crippen LogP contribution in [0.3, 0.4) is 0 Å². The second kappa shape index (κ2) is 99.5. The van der Waals surface area contributed by atoms with Crippen LogP contribution in [0, 0.1) is 0 Å². The Bertz CT molecular complexity index is 16.0. The molecule has 56 valence electrons. The molecule has 1 nitrogen and oxygen atoms in total. The third kappa shape index (κ3) is 70.0. The van der Waals surface area contributed by atoms with Crippen LogP contribution in [0.4, 0.5) is 0 Å². The second-order valence-corrected chi connectivity index (χ2v) is 0. The normalized spacial score (nSPS) is 0.750.